The molecule has 0 unspecified atom stereocenters. The smallest absolute Gasteiger partial charge is 0.261 e. The number of benzene rings is 2. The van der Waals surface area contributed by atoms with E-state index in [1.165, 1.54) is 16.5 Å². The van der Waals surface area contributed by atoms with Crippen LogP contribution in [0, 0.1) is 0 Å². The van der Waals surface area contributed by atoms with Crippen molar-refractivity contribution >= 4 is 32.7 Å². The molecule has 0 aliphatic carbocycles. The zero-order valence-corrected chi connectivity index (χ0v) is 17.1. The van der Waals surface area contributed by atoms with E-state index in [0.717, 1.165) is 22.2 Å². The predicted octanol–water partition coefficient (Wildman–Crippen LogP) is 3.14. The number of aromatic nitrogens is 2. The average molecular weight is 442 g/mol. The lowest BCUT2D eigenvalue weighted by molar-refractivity contribution is -0.132. The number of carbonyl (C=O) groups is 1. The highest BCUT2D eigenvalue weighted by Crippen LogP contribution is 2.24. The summed E-state index contributed by atoms with van der Waals surface area (Å²) in [4.78, 5) is 31.7. The van der Waals surface area contributed by atoms with E-state index in [9.17, 15) is 9.59 Å². The van der Waals surface area contributed by atoms with E-state index >= 15 is 0 Å². The quantitative estimate of drug-likeness (QED) is 0.623. The Labute approximate surface area is 170 Å². The van der Waals surface area contributed by atoms with Crippen molar-refractivity contribution in [1.29, 1.82) is 0 Å². The lowest BCUT2D eigenvalue weighted by Crippen LogP contribution is -2.39. The van der Waals surface area contributed by atoms with Crippen LogP contribution >= 0.6 is 15.9 Å². The van der Waals surface area contributed by atoms with E-state index in [2.05, 4.69) is 27.0 Å². The molecule has 4 rings (SSSR count). The SMILES string of the molecule is CCOc1ccc2c(c1)CN(C(=O)Cn1cnc3ccc(Br)cc3c1=O)CC2. The van der Waals surface area contributed by atoms with Gasteiger partial charge in [0.15, 0.2) is 0 Å². The van der Waals surface area contributed by atoms with Gasteiger partial charge in [0, 0.05) is 17.6 Å². The predicted molar refractivity (Wildman–Crippen MR) is 110 cm³/mol. The molecule has 28 heavy (non-hydrogen) atoms. The van der Waals surface area contributed by atoms with Crippen molar-refractivity contribution in [3.63, 3.8) is 0 Å². The molecule has 2 aromatic carbocycles. The lowest BCUT2D eigenvalue weighted by atomic mass is 9.99. The van der Waals surface area contributed by atoms with Gasteiger partial charge in [-0.25, -0.2) is 4.98 Å². The maximum atomic E-state index is 12.8. The normalized spacial score (nSPS) is 13.4. The van der Waals surface area contributed by atoms with Crippen molar-refractivity contribution in [1.82, 2.24) is 14.5 Å². The van der Waals surface area contributed by atoms with Gasteiger partial charge in [-0.3, -0.25) is 14.2 Å². The summed E-state index contributed by atoms with van der Waals surface area (Å²) in [6, 6.07) is 11.4. The molecular formula is C21H20BrN3O3. The second-order valence-corrected chi connectivity index (χ2v) is 7.68. The van der Waals surface area contributed by atoms with Crippen LogP contribution in [0.4, 0.5) is 0 Å². The first-order chi connectivity index (χ1) is 13.5. The van der Waals surface area contributed by atoms with Crippen LogP contribution in [0.25, 0.3) is 10.9 Å². The molecule has 3 aromatic rings. The highest BCUT2D eigenvalue weighted by atomic mass is 79.9. The summed E-state index contributed by atoms with van der Waals surface area (Å²) in [6.07, 6.45) is 2.24. The number of amides is 1. The second-order valence-electron chi connectivity index (χ2n) is 6.77. The van der Waals surface area contributed by atoms with E-state index in [0.29, 0.717) is 30.6 Å². The van der Waals surface area contributed by atoms with Gasteiger partial charge in [0.1, 0.15) is 12.3 Å². The number of halogens is 1. The third-order valence-electron chi connectivity index (χ3n) is 4.95. The van der Waals surface area contributed by atoms with Gasteiger partial charge in [-0.15, -0.1) is 0 Å². The molecule has 144 valence electrons. The maximum absolute atomic E-state index is 12.8. The molecule has 1 aliphatic heterocycles. The van der Waals surface area contributed by atoms with Gasteiger partial charge in [0.2, 0.25) is 5.91 Å². The number of hydrogen-bond acceptors (Lipinski definition) is 4. The van der Waals surface area contributed by atoms with Gasteiger partial charge in [0.05, 0.1) is 23.8 Å². The van der Waals surface area contributed by atoms with Gasteiger partial charge < -0.3 is 9.64 Å². The molecule has 0 bridgehead atoms. The fourth-order valence-electron chi connectivity index (χ4n) is 3.49. The topological polar surface area (TPSA) is 64.4 Å². The van der Waals surface area contributed by atoms with E-state index in [1.54, 1.807) is 17.0 Å². The molecule has 7 heteroatoms. The number of nitrogens with zero attached hydrogens (tertiary/aromatic N) is 3. The van der Waals surface area contributed by atoms with Crippen LogP contribution in [0.2, 0.25) is 0 Å². The van der Waals surface area contributed by atoms with Gasteiger partial charge in [-0.1, -0.05) is 22.0 Å². The van der Waals surface area contributed by atoms with Crippen LogP contribution in [0.15, 0.2) is 52.0 Å². The Morgan fingerprint density at radius 3 is 2.89 bits per heavy atom. The summed E-state index contributed by atoms with van der Waals surface area (Å²) in [6.45, 7) is 3.70. The van der Waals surface area contributed by atoms with Crippen LogP contribution in [-0.2, 0) is 24.3 Å². The van der Waals surface area contributed by atoms with Crippen LogP contribution < -0.4 is 10.3 Å². The minimum atomic E-state index is -0.212. The number of fused-ring (bicyclic) bond motifs is 2. The van der Waals surface area contributed by atoms with E-state index < -0.39 is 0 Å². The summed E-state index contributed by atoms with van der Waals surface area (Å²) >= 11 is 3.38. The molecule has 0 N–H and O–H groups in total. The minimum absolute atomic E-state index is 0.0191. The van der Waals surface area contributed by atoms with Crippen LogP contribution in [-0.4, -0.2) is 33.5 Å². The van der Waals surface area contributed by atoms with Crippen molar-refractivity contribution in [2.45, 2.75) is 26.4 Å². The number of hydrogen-bond donors (Lipinski definition) is 0. The zero-order valence-electron chi connectivity index (χ0n) is 15.5. The Hall–Kier alpha value is -2.67. The van der Waals surface area contributed by atoms with Crippen molar-refractivity contribution < 1.29 is 9.53 Å². The fraction of sp³-hybridized carbons (Fsp3) is 0.286. The first kappa shape index (κ1) is 18.7. The van der Waals surface area contributed by atoms with E-state index in [1.807, 2.05) is 25.1 Å². The molecule has 0 radical (unpaired) electrons. The summed E-state index contributed by atoms with van der Waals surface area (Å²) in [7, 11) is 0. The average Bonchev–Trinajstić information content (AvgIpc) is 2.70. The minimum Gasteiger partial charge on any atom is -0.494 e. The Bertz CT molecular complexity index is 1110. The molecule has 0 fully saturated rings. The Kier molecular flexibility index (Phi) is 5.17. The summed E-state index contributed by atoms with van der Waals surface area (Å²) < 4.78 is 7.75. The third-order valence-corrected chi connectivity index (χ3v) is 5.44. The molecule has 1 aliphatic rings. The monoisotopic (exact) mass is 441 g/mol. The van der Waals surface area contributed by atoms with Crippen molar-refractivity contribution in [2.75, 3.05) is 13.2 Å². The summed E-state index contributed by atoms with van der Waals surface area (Å²) in [5.74, 6) is 0.724. The van der Waals surface area contributed by atoms with Crippen LogP contribution in [0.5, 0.6) is 5.75 Å². The van der Waals surface area contributed by atoms with Gasteiger partial charge in [-0.05, 0) is 54.8 Å². The highest BCUT2D eigenvalue weighted by molar-refractivity contribution is 9.10. The molecule has 0 atom stereocenters. The number of ether oxygens (including phenoxy) is 1. The molecule has 6 nitrogen and oxygen atoms in total. The van der Waals surface area contributed by atoms with Crippen molar-refractivity contribution in [2.24, 2.45) is 0 Å². The zero-order chi connectivity index (χ0) is 19.7. The summed E-state index contributed by atoms with van der Waals surface area (Å²) in [5.41, 5.74) is 2.74. The Balaban J connectivity index is 1.54. The third kappa shape index (κ3) is 3.67. The molecule has 1 amide bonds. The molecular weight excluding hydrogens is 422 g/mol. The number of rotatable bonds is 4. The molecule has 0 saturated carbocycles. The van der Waals surface area contributed by atoms with Gasteiger partial charge in [-0.2, -0.15) is 0 Å². The van der Waals surface area contributed by atoms with Crippen LogP contribution in [0.3, 0.4) is 0 Å². The molecule has 2 heterocycles. The Morgan fingerprint density at radius 1 is 1.21 bits per heavy atom. The second kappa shape index (κ2) is 7.75. The van der Waals surface area contributed by atoms with Gasteiger partial charge >= 0.3 is 0 Å². The van der Waals surface area contributed by atoms with E-state index in [4.69, 9.17) is 4.74 Å². The maximum Gasteiger partial charge on any atom is 0.261 e. The Morgan fingerprint density at radius 2 is 2.07 bits per heavy atom. The van der Waals surface area contributed by atoms with Gasteiger partial charge in [0.25, 0.3) is 5.56 Å². The first-order valence-electron chi connectivity index (χ1n) is 9.22. The largest absolute Gasteiger partial charge is 0.494 e. The standard InChI is InChI=1S/C21H20BrN3O3/c1-2-28-17-5-3-14-7-8-24(11-15(14)9-17)20(26)12-25-13-23-19-6-4-16(22)10-18(19)21(25)27/h3-6,9-10,13H,2,7-8,11-12H2,1H3. The summed E-state index contributed by atoms with van der Waals surface area (Å²) in [5, 5.41) is 0.495. The molecule has 0 spiro atoms. The van der Waals surface area contributed by atoms with Crippen molar-refractivity contribution in [3.05, 3.63) is 68.7 Å². The first-order valence-corrected chi connectivity index (χ1v) is 10.0. The van der Waals surface area contributed by atoms with E-state index in [-0.39, 0.29) is 18.0 Å². The molecule has 0 saturated heterocycles. The highest BCUT2D eigenvalue weighted by Gasteiger charge is 2.22. The lowest BCUT2D eigenvalue weighted by Gasteiger charge is -2.29. The molecule has 1 aromatic heterocycles. The van der Waals surface area contributed by atoms with Crippen LogP contribution in [0.1, 0.15) is 18.1 Å². The fourth-order valence-corrected chi connectivity index (χ4v) is 3.85. The van der Waals surface area contributed by atoms with Crippen molar-refractivity contribution in [3.8, 4) is 5.75 Å². The number of carbonyl (C=O) groups excluding carboxylic acids is 1.